The summed E-state index contributed by atoms with van der Waals surface area (Å²) >= 11 is 5.64. The fraction of sp³-hybridized carbons (Fsp3) is 0.167. The summed E-state index contributed by atoms with van der Waals surface area (Å²) in [6.07, 6.45) is 2.34. The summed E-state index contributed by atoms with van der Waals surface area (Å²) in [5.74, 6) is -0.407. The highest BCUT2D eigenvalue weighted by Crippen LogP contribution is 2.22. The van der Waals surface area contributed by atoms with Gasteiger partial charge in [0.15, 0.2) is 0 Å². The Balaban J connectivity index is 2.15. The lowest BCUT2D eigenvalue weighted by atomic mass is 10.0. The molecule has 0 aliphatic rings. The molecule has 1 N–H and O–H groups in total. The Morgan fingerprint density at radius 3 is 2.81 bits per heavy atom. The van der Waals surface area contributed by atoms with Crippen molar-refractivity contribution in [3.63, 3.8) is 0 Å². The van der Waals surface area contributed by atoms with Gasteiger partial charge >= 0.3 is 0 Å². The predicted octanol–water partition coefficient (Wildman–Crippen LogP) is 3.35. The lowest BCUT2D eigenvalue weighted by Gasteiger charge is -2.09. The number of rotatable bonds is 3. The van der Waals surface area contributed by atoms with Gasteiger partial charge in [-0.3, -0.25) is 0 Å². The number of hydrogen-bond acceptors (Lipinski definition) is 2. The molecule has 0 fully saturated rings. The van der Waals surface area contributed by atoms with Gasteiger partial charge < -0.3 is 9.52 Å². The first-order valence-corrected chi connectivity index (χ1v) is 5.18. The maximum absolute atomic E-state index is 13.4. The molecular formula is C12H10ClFO2. The molecule has 0 saturated heterocycles. The first-order chi connectivity index (χ1) is 7.66. The lowest BCUT2D eigenvalue weighted by molar-refractivity contribution is 0.176. The maximum atomic E-state index is 13.4. The minimum Gasteiger partial charge on any atom is -0.472 e. The molecule has 1 unspecified atom stereocenters. The smallest absolute Gasteiger partial charge is 0.127 e. The van der Waals surface area contributed by atoms with Gasteiger partial charge in [-0.15, -0.1) is 0 Å². The molecular weight excluding hydrogens is 231 g/mol. The quantitative estimate of drug-likeness (QED) is 0.893. The average Bonchev–Trinajstić information content (AvgIpc) is 2.75. The molecule has 1 aromatic heterocycles. The minimum absolute atomic E-state index is 0.197. The van der Waals surface area contributed by atoms with Gasteiger partial charge in [-0.05, 0) is 23.8 Å². The number of hydrogen-bond donors (Lipinski definition) is 1. The topological polar surface area (TPSA) is 33.4 Å². The monoisotopic (exact) mass is 240 g/mol. The van der Waals surface area contributed by atoms with E-state index in [9.17, 15) is 9.50 Å². The summed E-state index contributed by atoms with van der Waals surface area (Å²) < 4.78 is 18.3. The van der Waals surface area contributed by atoms with Gasteiger partial charge in [-0.1, -0.05) is 17.7 Å². The molecule has 4 heteroatoms. The van der Waals surface area contributed by atoms with Crippen molar-refractivity contribution >= 4 is 11.6 Å². The van der Waals surface area contributed by atoms with Crippen molar-refractivity contribution in [3.05, 3.63) is 58.8 Å². The fourth-order valence-electron chi connectivity index (χ4n) is 1.48. The fourth-order valence-corrected chi connectivity index (χ4v) is 1.64. The zero-order chi connectivity index (χ0) is 11.5. The van der Waals surface area contributed by atoms with Crippen LogP contribution in [-0.2, 0) is 6.42 Å². The van der Waals surface area contributed by atoms with E-state index in [1.165, 1.54) is 18.6 Å². The Morgan fingerprint density at radius 2 is 2.19 bits per heavy atom. The third kappa shape index (κ3) is 2.43. The Morgan fingerprint density at radius 1 is 1.38 bits per heavy atom. The normalized spacial score (nSPS) is 12.7. The highest BCUT2D eigenvalue weighted by molar-refractivity contribution is 6.30. The average molecular weight is 241 g/mol. The van der Waals surface area contributed by atoms with Crippen LogP contribution in [0.3, 0.4) is 0 Å². The van der Waals surface area contributed by atoms with Gasteiger partial charge in [-0.25, -0.2) is 4.39 Å². The van der Waals surface area contributed by atoms with E-state index >= 15 is 0 Å². The summed E-state index contributed by atoms with van der Waals surface area (Å²) in [6.45, 7) is 0. The largest absolute Gasteiger partial charge is 0.472 e. The van der Waals surface area contributed by atoms with E-state index in [1.54, 1.807) is 18.2 Å². The molecule has 2 nitrogen and oxygen atoms in total. The number of furan rings is 1. The lowest BCUT2D eigenvalue weighted by Crippen LogP contribution is -2.02. The van der Waals surface area contributed by atoms with Crippen LogP contribution in [0, 0.1) is 5.82 Å². The molecule has 16 heavy (non-hydrogen) atoms. The van der Waals surface area contributed by atoms with Crippen LogP contribution in [0.15, 0.2) is 41.2 Å². The van der Waals surface area contributed by atoms with Crippen LogP contribution in [0.2, 0.25) is 5.02 Å². The van der Waals surface area contributed by atoms with Crippen LogP contribution < -0.4 is 0 Å². The van der Waals surface area contributed by atoms with E-state index in [0.29, 0.717) is 16.1 Å². The maximum Gasteiger partial charge on any atom is 0.127 e. The van der Waals surface area contributed by atoms with E-state index in [-0.39, 0.29) is 6.42 Å². The predicted molar refractivity (Wildman–Crippen MR) is 58.8 cm³/mol. The molecule has 1 aromatic carbocycles. The molecule has 0 aliphatic carbocycles. The summed E-state index contributed by atoms with van der Waals surface area (Å²) in [5, 5.41) is 10.1. The van der Waals surface area contributed by atoms with Gasteiger partial charge in [0.05, 0.1) is 18.6 Å². The van der Waals surface area contributed by atoms with Gasteiger partial charge in [0.25, 0.3) is 0 Å². The molecule has 2 rings (SSSR count). The number of benzene rings is 1. The van der Waals surface area contributed by atoms with Crippen LogP contribution in [0.4, 0.5) is 4.39 Å². The number of halogens is 2. The third-order valence-corrected chi connectivity index (χ3v) is 2.59. The second-order valence-corrected chi connectivity index (χ2v) is 3.95. The molecule has 0 bridgehead atoms. The summed E-state index contributed by atoms with van der Waals surface area (Å²) in [4.78, 5) is 0. The minimum atomic E-state index is -0.769. The van der Waals surface area contributed by atoms with Crippen LogP contribution in [0.5, 0.6) is 0 Å². The summed E-state index contributed by atoms with van der Waals surface area (Å²) in [6, 6.07) is 6.06. The Bertz CT molecular complexity index is 468. The SMILES string of the molecule is OC(Cc1ccc(Cl)cc1F)c1ccoc1. The second-order valence-electron chi connectivity index (χ2n) is 3.51. The van der Waals surface area contributed by atoms with Crippen molar-refractivity contribution in [2.24, 2.45) is 0 Å². The number of aliphatic hydroxyl groups is 1. The molecule has 1 atom stereocenters. The number of aliphatic hydroxyl groups excluding tert-OH is 1. The zero-order valence-electron chi connectivity index (χ0n) is 8.36. The highest BCUT2D eigenvalue weighted by Gasteiger charge is 2.12. The van der Waals surface area contributed by atoms with Gasteiger partial charge in [0, 0.05) is 17.0 Å². The second kappa shape index (κ2) is 4.68. The van der Waals surface area contributed by atoms with E-state index in [2.05, 4.69) is 0 Å². The summed E-state index contributed by atoms with van der Waals surface area (Å²) in [7, 11) is 0. The molecule has 2 aromatic rings. The Kier molecular flexibility index (Phi) is 3.27. The first kappa shape index (κ1) is 11.2. The molecule has 0 radical (unpaired) electrons. The van der Waals surface area contributed by atoms with E-state index in [1.807, 2.05) is 0 Å². The van der Waals surface area contributed by atoms with Crippen LogP contribution in [-0.4, -0.2) is 5.11 Å². The van der Waals surface area contributed by atoms with E-state index in [4.69, 9.17) is 16.0 Å². The Hall–Kier alpha value is -1.32. The van der Waals surface area contributed by atoms with Gasteiger partial charge in [0.1, 0.15) is 5.82 Å². The van der Waals surface area contributed by atoms with Crippen LogP contribution in [0.25, 0.3) is 0 Å². The van der Waals surface area contributed by atoms with Gasteiger partial charge in [0.2, 0.25) is 0 Å². The Labute approximate surface area is 97.3 Å². The van der Waals surface area contributed by atoms with Crippen LogP contribution >= 0.6 is 11.6 Å². The highest BCUT2D eigenvalue weighted by atomic mass is 35.5. The first-order valence-electron chi connectivity index (χ1n) is 4.81. The standard InChI is InChI=1S/C12H10ClFO2/c13-10-2-1-8(11(14)6-10)5-12(15)9-3-4-16-7-9/h1-4,6-7,12,15H,5H2. The third-order valence-electron chi connectivity index (χ3n) is 2.36. The van der Waals surface area contributed by atoms with Crippen molar-refractivity contribution in [2.45, 2.75) is 12.5 Å². The van der Waals surface area contributed by atoms with Crippen molar-refractivity contribution in [2.75, 3.05) is 0 Å². The van der Waals surface area contributed by atoms with Gasteiger partial charge in [-0.2, -0.15) is 0 Å². The van der Waals surface area contributed by atoms with Crippen LogP contribution in [0.1, 0.15) is 17.2 Å². The summed E-state index contributed by atoms with van der Waals surface area (Å²) in [5.41, 5.74) is 1.06. The molecule has 0 aliphatic heterocycles. The molecule has 0 saturated carbocycles. The van der Waals surface area contributed by atoms with Crippen molar-refractivity contribution in [1.29, 1.82) is 0 Å². The van der Waals surface area contributed by atoms with Crippen molar-refractivity contribution in [3.8, 4) is 0 Å². The van der Waals surface area contributed by atoms with E-state index in [0.717, 1.165) is 0 Å². The van der Waals surface area contributed by atoms with E-state index < -0.39 is 11.9 Å². The molecule has 0 spiro atoms. The van der Waals surface area contributed by atoms with Crippen molar-refractivity contribution < 1.29 is 13.9 Å². The molecule has 1 heterocycles. The zero-order valence-corrected chi connectivity index (χ0v) is 9.12. The molecule has 84 valence electrons. The molecule has 0 amide bonds. The van der Waals surface area contributed by atoms with Crippen molar-refractivity contribution in [1.82, 2.24) is 0 Å².